The number of carboxylic acids is 1. The molecule has 1 aromatic heterocycles. The van der Waals surface area contributed by atoms with Crippen molar-refractivity contribution in [2.24, 2.45) is 5.92 Å². The highest BCUT2D eigenvalue weighted by Crippen LogP contribution is 2.28. The van der Waals surface area contributed by atoms with Gasteiger partial charge in [-0.05, 0) is 5.92 Å². The van der Waals surface area contributed by atoms with Crippen LogP contribution in [0.25, 0.3) is 0 Å². The average Bonchev–Trinajstić information content (AvgIpc) is 2.83. The number of hydrogen-bond acceptors (Lipinski definition) is 4. The Morgan fingerprint density at radius 1 is 1.75 bits per heavy atom. The molecule has 0 spiro atoms. The van der Waals surface area contributed by atoms with Gasteiger partial charge in [0.25, 0.3) is 0 Å². The second-order valence-corrected chi connectivity index (χ2v) is 4.69. The number of halogens is 1. The lowest BCUT2D eigenvalue weighted by atomic mass is 10.2. The van der Waals surface area contributed by atoms with E-state index in [0.717, 1.165) is 11.3 Å². The van der Waals surface area contributed by atoms with Gasteiger partial charge in [0.1, 0.15) is 0 Å². The van der Waals surface area contributed by atoms with Crippen LogP contribution in [0.2, 0.25) is 0 Å². The second kappa shape index (κ2) is 4.39. The molecule has 1 atom stereocenters. The van der Waals surface area contributed by atoms with Crippen LogP contribution in [0.3, 0.4) is 0 Å². The minimum absolute atomic E-state index is 0.0258. The summed E-state index contributed by atoms with van der Waals surface area (Å²) in [4.78, 5) is 27.7. The van der Waals surface area contributed by atoms with Crippen molar-refractivity contribution in [2.45, 2.75) is 6.42 Å². The zero-order valence-corrected chi connectivity index (χ0v) is 9.79. The molecule has 5 nitrogen and oxygen atoms in total. The number of hydrogen-bond donors (Lipinski definition) is 1. The third-order valence-electron chi connectivity index (χ3n) is 2.37. The van der Waals surface area contributed by atoms with Crippen LogP contribution in [0, 0.1) is 5.92 Å². The molecule has 1 fully saturated rings. The maximum atomic E-state index is 11.6. The van der Waals surface area contributed by atoms with Gasteiger partial charge in [-0.25, -0.2) is 9.78 Å². The summed E-state index contributed by atoms with van der Waals surface area (Å²) in [5, 5.41) is 10.6. The Labute approximate surface area is 101 Å². The quantitative estimate of drug-likeness (QED) is 0.835. The Morgan fingerprint density at radius 3 is 3.00 bits per heavy atom. The third-order valence-corrected chi connectivity index (χ3v) is 3.67. The van der Waals surface area contributed by atoms with E-state index in [9.17, 15) is 9.59 Å². The monoisotopic (exact) mass is 260 g/mol. The first-order valence-electron chi connectivity index (χ1n) is 4.67. The van der Waals surface area contributed by atoms with Crippen molar-refractivity contribution in [3.63, 3.8) is 0 Å². The number of amides is 1. The molecule has 1 amide bonds. The van der Waals surface area contributed by atoms with Crippen molar-refractivity contribution in [1.29, 1.82) is 0 Å². The van der Waals surface area contributed by atoms with Crippen LogP contribution in [0.1, 0.15) is 16.9 Å². The van der Waals surface area contributed by atoms with Crippen LogP contribution >= 0.6 is 22.9 Å². The highest BCUT2D eigenvalue weighted by molar-refractivity contribution is 7.14. The Bertz CT molecular complexity index is 434. The van der Waals surface area contributed by atoms with Crippen LogP contribution in [-0.4, -0.2) is 34.4 Å². The zero-order chi connectivity index (χ0) is 11.7. The number of carbonyl (C=O) groups is 2. The van der Waals surface area contributed by atoms with Crippen LogP contribution in [0.15, 0.2) is 5.38 Å². The van der Waals surface area contributed by atoms with Crippen molar-refractivity contribution in [3.05, 3.63) is 11.1 Å². The predicted molar refractivity (Wildman–Crippen MR) is 60.3 cm³/mol. The molecule has 0 aliphatic carbocycles. The summed E-state index contributed by atoms with van der Waals surface area (Å²) in [5.41, 5.74) is -0.0258. The van der Waals surface area contributed by atoms with Gasteiger partial charge in [-0.3, -0.25) is 9.69 Å². The van der Waals surface area contributed by atoms with Gasteiger partial charge < -0.3 is 5.11 Å². The summed E-state index contributed by atoms with van der Waals surface area (Å²) in [6, 6.07) is 0. The minimum atomic E-state index is -1.08. The van der Waals surface area contributed by atoms with Crippen LogP contribution in [0.5, 0.6) is 0 Å². The van der Waals surface area contributed by atoms with E-state index in [1.54, 1.807) is 0 Å². The second-order valence-electron chi connectivity index (χ2n) is 3.55. The Morgan fingerprint density at radius 2 is 2.50 bits per heavy atom. The summed E-state index contributed by atoms with van der Waals surface area (Å²) in [5.74, 6) is -0.564. The van der Waals surface area contributed by atoms with Gasteiger partial charge in [0, 0.05) is 24.2 Å². The molecule has 0 radical (unpaired) electrons. The molecule has 0 bridgehead atoms. The fourth-order valence-electron chi connectivity index (χ4n) is 1.56. The fourth-order valence-corrected chi connectivity index (χ4v) is 2.59. The van der Waals surface area contributed by atoms with E-state index >= 15 is 0 Å². The molecule has 1 aliphatic heterocycles. The molecule has 1 unspecified atom stereocenters. The zero-order valence-electron chi connectivity index (χ0n) is 8.22. The van der Waals surface area contributed by atoms with Crippen molar-refractivity contribution < 1.29 is 14.7 Å². The van der Waals surface area contributed by atoms with Gasteiger partial charge in [-0.15, -0.1) is 22.9 Å². The number of nitrogens with zero attached hydrogens (tertiary/aromatic N) is 2. The van der Waals surface area contributed by atoms with E-state index in [4.69, 9.17) is 16.7 Å². The fraction of sp³-hybridized carbons (Fsp3) is 0.444. The molecule has 86 valence electrons. The average molecular weight is 261 g/mol. The number of rotatable bonds is 3. The molecule has 1 N–H and O–H groups in total. The molecule has 0 saturated carbocycles. The van der Waals surface area contributed by atoms with E-state index in [0.29, 0.717) is 24.0 Å². The molecule has 1 aliphatic rings. The molecular weight excluding hydrogens is 252 g/mol. The summed E-state index contributed by atoms with van der Waals surface area (Å²) in [6.45, 7) is 0.523. The maximum absolute atomic E-state index is 11.6. The van der Waals surface area contributed by atoms with E-state index in [1.807, 2.05) is 0 Å². The summed E-state index contributed by atoms with van der Waals surface area (Å²) < 4.78 is 0. The Kier molecular flexibility index (Phi) is 3.11. The number of thiazole rings is 1. The first-order chi connectivity index (χ1) is 7.61. The Balaban J connectivity index is 2.18. The summed E-state index contributed by atoms with van der Waals surface area (Å²) >= 11 is 6.85. The van der Waals surface area contributed by atoms with Gasteiger partial charge >= 0.3 is 5.97 Å². The SMILES string of the molecule is O=C(O)c1csc(N2CC(CCl)CC2=O)n1. The first-order valence-corrected chi connectivity index (χ1v) is 6.08. The van der Waals surface area contributed by atoms with Crippen molar-refractivity contribution in [3.8, 4) is 0 Å². The molecule has 16 heavy (non-hydrogen) atoms. The minimum Gasteiger partial charge on any atom is -0.476 e. The molecule has 2 heterocycles. The number of alkyl halides is 1. The van der Waals surface area contributed by atoms with E-state index in [-0.39, 0.29) is 17.5 Å². The van der Waals surface area contributed by atoms with Gasteiger partial charge in [0.15, 0.2) is 10.8 Å². The van der Waals surface area contributed by atoms with Gasteiger partial charge in [0.05, 0.1) is 0 Å². The molecule has 2 rings (SSSR count). The first kappa shape index (κ1) is 11.3. The number of aromatic nitrogens is 1. The van der Waals surface area contributed by atoms with E-state index in [2.05, 4.69) is 4.98 Å². The van der Waals surface area contributed by atoms with Crippen molar-refractivity contribution in [1.82, 2.24) is 4.98 Å². The molecule has 1 saturated heterocycles. The standard InChI is InChI=1S/C9H9ClN2O3S/c10-2-5-1-7(13)12(3-5)9-11-6(4-16-9)8(14)15/h4-5H,1-3H2,(H,14,15). The lowest BCUT2D eigenvalue weighted by Crippen LogP contribution is -2.24. The van der Waals surface area contributed by atoms with Crippen LogP contribution in [-0.2, 0) is 4.79 Å². The smallest absolute Gasteiger partial charge is 0.355 e. The number of carbonyl (C=O) groups excluding carboxylic acids is 1. The molecule has 7 heteroatoms. The van der Waals surface area contributed by atoms with Gasteiger partial charge in [0.2, 0.25) is 5.91 Å². The summed E-state index contributed by atoms with van der Waals surface area (Å²) in [7, 11) is 0. The third kappa shape index (κ3) is 2.03. The van der Waals surface area contributed by atoms with Gasteiger partial charge in [-0.1, -0.05) is 0 Å². The topological polar surface area (TPSA) is 70.5 Å². The number of carboxylic acid groups (broad SMARTS) is 1. The summed E-state index contributed by atoms with van der Waals surface area (Å²) in [6.07, 6.45) is 0.408. The molecule has 1 aromatic rings. The highest BCUT2D eigenvalue weighted by Gasteiger charge is 2.31. The normalized spacial score (nSPS) is 20.4. The van der Waals surface area contributed by atoms with E-state index in [1.165, 1.54) is 10.3 Å². The number of anilines is 1. The van der Waals surface area contributed by atoms with Crippen LogP contribution in [0.4, 0.5) is 5.13 Å². The van der Waals surface area contributed by atoms with E-state index < -0.39 is 5.97 Å². The van der Waals surface area contributed by atoms with Crippen molar-refractivity contribution >= 4 is 39.9 Å². The lowest BCUT2D eigenvalue weighted by Gasteiger charge is -2.11. The highest BCUT2D eigenvalue weighted by atomic mass is 35.5. The lowest BCUT2D eigenvalue weighted by molar-refractivity contribution is -0.117. The largest absolute Gasteiger partial charge is 0.476 e. The van der Waals surface area contributed by atoms with Gasteiger partial charge in [-0.2, -0.15) is 0 Å². The number of aromatic carboxylic acids is 1. The molecule has 0 aromatic carbocycles. The predicted octanol–water partition coefficient (Wildman–Crippen LogP) is 1.43. The van der Waals surface area contributed by atoms with Crippen LogP contribution < -0.4 is 4.90 Å². The van der Waals surface area contributed by atoms with Crippen molar-refractivity contribution in [2.75, 3.05) is 17.3 Å². The maximum Gasteiger partial charge on any atom is 0.355 e. The molecular formula is C9H9ClN2O3S. The Hall–Kier alpha value is -1.14.